The van der Waals surface area contributed by atoms with Crippen LogP contribution in [0.3, 0.4) is 0 Å². The fourth-order valence-corrected chi connectivity index (χ4v) is 7.79. The van der Waals surface area contributed by atoms with Gasteiger partial charge in [-0.25, -0.2) is 4.98 Å². The van der Waals surface area contributed by atoms with Crippen LogP contribution in [0.15, 0.2) is 71.5 Å². The third kappa shape index (κ3) is 20.0. The smallest absolute Gasteiger partial charge is 0.251 e. The summed E-state index contributed by atoms with van der Waals surface area (Å²) in [7, 11) is 0. The van der Waals surface area contributed by atoms with E-state index in [4.69, 9.17) is 35.2 Å². The molecule has 64 heavy (non-hydrogen) atoms. The number of carbonyl (C=O) groups is 6. The van der Waals surface area contributed by atoms with Gasteiger partial charge in [0.15, 0.2) is 0 Å². The lowest BCUT2D eigenvalue weighted by atomic mass is 10.0. The van der Waals surface area contributed by atoms with Gasteiger partial charge < -0.3 is 38.9 Å². The third-order valence-corrected chi connectivity index (χ3v) is 11.4. The van der Waals surface area contributed by atoms with Crippen LogP contribution in [0.5, 0.6) is 0 Å². The van der Waals surface area contributed by atoms with Crippen molar-refractivity contribution in [2.45, 2.75) is 57.7 Å². The maximum absolute atomic E-state index is 12.5. The highest BCUT2D eigenvalue weighted by molar-refractivity contribution is 9.10. The summed E-state index contributed by atoms with van der Waals surface area (Å²) >= 11 is 8.93. The van der Waals surface area contributed by atoms with Crippen LogP contribution >= 0.6 is 28.1 Å². The van der Waals surface area contributed by atoms with Crippen LogP contribution in [0.25, 0.3) is 0 Å². The second-order valence-electron chi connectivity index (χ2n) is 15.9. The molecule has 1 aliphatic rings. The summed E-state index contributed by atoms with van der Waals surface area (Å²) < 4.78 is 0.730. The predicted octanol–water partition coefficient (Wildman–Crippen LogP) is 0.854. The number of hydrogen-bond acceptors (Lipinski definition) is 12. The highest BCUT2D eigenvalue weighted by Crippen LogP contribution is 2.17. The Labute approximate surface area is 388 Å². The van der Waals surface area contributed by atoms with E-state index in [1.54, 1.807) is 18.3 Å². The molecule has 1 aromatic heterocycles. The Morgan fingerprint density at radius 1 is 0.625 bits per heavy atom. The zero-order valence-electron chi connectivity index (χ0n) is 36.1. The quantitative estimate of drug-likeness (QED) is 0.0419. The molecule has 2 heterocycles. The van der Waals surface area contributed by atoms with Crippen molar-refractivity contribution in [3.8, 4) is 0 Å². The van der Waals surface area contributed by atoms with Gasteiger partial charge in [0.1, 0.15) is 4.60 Å². The number of benzene rings is 2. The molecule has 0 saturated carbocycles. The van der Waals surface area contributed by atoms with E-state index >= 15 is 0 Å². The van der Waals surface area contributed by atoms with E-state index in [1.165, 1.54) is 0 Å². The van der Waals surface area contributed by atoms with Gasteiger partial charge in [-0.15, -0.1) is 0 Å². The lowest BCUT2D eigenvalue weighted by molar-refractivity contribution is -0.122. The molecule has 4 rings (SSSR count). The molecule has 11 N–H and O–H groups in total. The van der Waals surface area contributed by atoms with E-state index in [9.17, 15) is 28.8 Å². The number of unbranched alkanes of at least 4 members (excludes halogenated alkanes) is 2. The first-order valence-corrected chi connectivity index (χ1v) is 22.5. The molecular formula is C44H61BrN12O6S. The first kappa shape index (κ1) is 51.3. The molecule has 1 unspecified atom stereocenters. The summed E-state index contributed by atoms with van der Waals surface area (Å²) in [5, 5.41) is 9.12. The third-order valence-electron chi connectivity index (χ3n) is 10.6. The molecule has 20 heteroatoms. The van der Waals surface area contributed by atoms with Crippen molar-refractivity contribution in [2.75, 3.05) is 77.3 Å². The van der Waals surface area contributed by atoms with Crippen molar-refractivity contribution < 1.29 is 28.8 Å². The number of rotatable bonds is 22. The zero-order valence-corrected chi connectivity index (χ0v) is 38.5. The summed E-state index contributed by atoms with van der Waals surface area (Å²) in [4.78, 5) is 85.9. The molecule has 0 spiro atoms. The molecule has 0 aliphatic carbocycles. The van der Waals surface area contributed by atoms with Crippen molar-refractivity contribution >= 4 is 74.3 Å². The van der Waals surface area contributed by atoms with Crippen LogP contribution in [0.1, 0.15) is 59.2 Å². The molecule has 1 atom stereocenters. The number of nitrogens with two attached hydrogens (primary N) is 4. The zero-order chi connectivity index (χ0) is 46.4. The molecule has 0 radical (unpaired) electrons. The molecule has 1 aliphatic heterocycles. The van der Waals surface area contributed by atoms with E-state index in [1.807, 2.05) is 68.1 Å². The molecule has 6 amide bonds. The fourth-order valence-electron chi connectivity index (χ4n) is 7.30. The molecule has 1 saturated heterocycles. The maximum Gasteiger partial charge on any atom is 0.251 e. The SMILES string of the molecule is NC(=O)CN1CCN(CC(N)=O)CCN(CC(N)=O)C(Cc2ccc(NC(=S)CCCCCC(=O)NCc3ccc(C(=O)NCc4ccc(Br)nc4)cc3)cc2)CN(CC(N)=O)CC1. The molecule has 3 aromatic rings. The Hall–Kier alpha value is -5.38. The summed E-state index contributed by atoms with van der Waals surface area (Å²) in [6.45, 7) is 3.46. The number of pyridine rings is 1. The van der Waals surface area contributed by atoms with Gasteiger partial charge in [0.25, 0.3) is 5.91 Å². The topological polar surface area (TPSA) is 268 Å². The van der Waals surface area contributed by atoms with Gasteiger partial charge in [0, 0.05) is 88.8 Å². The Balaban J connectivity index is 1.24. The predicted molar refractivity (Wildman–Crippen MR) is 252 cm³/mol. The number of halogens is 1. The number of aromatic nitrogens is 1. The van der Waals surface area contributed by atoms with Crippen LogP contribution in [0.2, 0.25) is 0 Å². The number of nitrogens with zero attached hydrogens (tertiary/aromatic N) is 5. The summed E-state index contributed by atoms with van der Waals surface area (Å²) in [6.07, 6.45) is 5.61. The minimum Gasteiger partial charge on any atom is -0.369 e. The number of thiocarbonyl (C=S) groups is 1. The Kier molecular flexibility index (Phi) is 21.7. The highest BCUT2D eigenvalue weighted by Gasteiger charge is 2.27. The molecule has 18 nitrogen and oxygen atoms in total. The van der Waals surface area contributed by atoms with Gasteiger partial charge in [-0.3, -0.25) is 48.4 Å². The van der Waals surface area contributed by atoms with Crippen molar-refractivity contribution in [1.29, 1.82) is 0 Å². The van der Waals surface area contributed by atoms with Crippen molar-refractivity contribution in [3.63, 3.8) is 0 Å². The van der Waals surface area contributed by atoms with Gasteiger partial charge in [0.2, 0.25) is 29.5 Å². The fraction of sp³-hybridized carbons (Fsp3) is 0.455. The number of hydrogen-bond donors (Lipinski definition) is 7. The molecular weight excluding hydrogens is 905 g/mol. The van der Waals surface area contributed by atoms with E-state index in [0.717, 1.165) is 46.2 Å². The lowest BCUT2D eigenvalue weighted by Crippen LogP contribution is -2.54. The second-order valence-corrected chi connectivity index (χ2v) is 17.2. The van der Waals surface area contributed by atoms with Gasteiger partial charge in [-0.2, -0.15) is 0 Å². The van der Waals surface area contributed by atoms with Crippen LogP contribution in [0, 0.1) is 0 Å². The van der Waals surface area contributed by atoms with E-state index in [2.05, 4.69) is 36.9 Å². The molecule has 346 valence electrons. The standard InChI is InChI=1S/C44H61BrN12O6S/c45-37-15-10-33(24-50-37)25-52-44(63)34-11-6-32(7-12-34)23-51-42(62)4-2-1-3-5-43(64)53-35-13-8-31(9-14-35)22-36-26-56(29-40(48)60)19-18-54(27-38(46)58)16-17-55(28-39(47)59)20-21-57(36)30-41(49)61/h6-15,24,36H,1-5,16-23,25-30H2,(H2,46,58)(H2,47,59)(H2,48,60)(H2,49,61)(H,51,62)(H,52,63)(H,53,64). The highest BCUT2D eigenvalue weighted by atomic mass is 79.9. The van der Waals surface area contributed by atoms with E-state index in [-0.39, 0.29) is 44.0 Å². The first-order chi connectivity index (χ1) is 30.6. The Morgan fingerprint density at radius 2 is 1.16 bits per heavy atom. The molecule has 1 fully saturated rings. The minimum atomic E-state index is -0.516. The number of anilines is 1. The van der Waals surface area contributed by atoms with Gasteiger partial charge >= 0.3 is 0 Å². The first-order valence-electron chi connectivity index (χ1n) is 21.3. The second kappa shape index (κ2) is 27.1. The Bertz CT molecular complexity index is 2030. The number of carbonyl (C=O) groups excluding carboxylic acids is 6. The van der Waals surface area contributed by atoms with Crippen molar-refractivity contribution in [1.82, 2.24) is 35.2 Å². The van der Waals surface area contributed by atoms with Crippen LogP contribution in [-0.2, 0) is 43.5 Å². The summed E-state index contributed by atoms with van der Waals surface area (Å²) in [6, 6.07) is 18.4. The maximum atomic E-state index is 12.5. The van der Waals surface area contributed by atoms with Crippen LogP contribution in [0.4, 0.5) is 5.69 Å². The largest absolute Gasteiger partial charge is 0.369 e. The van der Waals surface area contributed by atoms with Gasteiger partial charge in [0.05, 0.1) is 31.2 Å². The summed E-state index contributed by atoms with van der Waals surface area (Å²) in [5.41, 5.74) is 26.6. The average Bonchev–Trinajstić information content (AvgIpc) is 3.24. The summed E-state index contributed by atoms with van der Waals surface area (Å²) in [5.74, 6) is -2.26. The van der Waals surface area contributed by atoms with Gasteiger partial charge in [-0.1, -0.05) is 49.0 Å². The van der Waals surface area contributed by atoms with Crippen LogP contribution < -0.4 is 38.9 Å². The van der Waals surface area contributed by atoms with Crippen LogP contribution in [-0.4, -0.2) is 143 Å². The van der Waals surface area contributed by atoms with Gasteiger partial charge in [-0.05, 0) is 88.6 Å². The van der Waals surface area contributed by atoms with Crippen molar-refractivity contribution in [3.05, 3.63) is 93.7 Å². The average molecular weight is 966 g/mol. The normalized spacial score (nSPS) is 15.9. The number of amides is 6. The minimum absolute atomic E-state index is 0.00345. The number of nitrogens with one attached hydrogen (secondary N) is 3. The van der Waals surface area contributed by atoms with E-state index < -0.39 is 23.6 Å². The number of primary amides is 4. The lowest BCUT2D eigenvalue weighted by Gasteiger charge is -2.38. The monoisotopic (exact) mass is 964 g/mol. The molecule has 2 aromatic carbocycles. The Morgan fingerprint density at radius 3 is 1.75 bits per heavy atom. The van der Waals surface area contributed by atoms with E-state index in [0.29, 0.717) is 88.7 Å². The molecule has 0 bridgehead atoms. The van der Waals surface area contributed by atoms with Crippen molar-refractivity contribution in [2.24, 2.45) is 22.9 Å².